The van der Waals surface area contributed by atoms with Crippen LogP contribution in [-0.2, 0) is 9.47 Å². The SMILES string of the molecule is CCOC(=O)c1csc(C2CN(C(=O)OC(C)(C)C)C2)n1. The monoisotopic (exact) mass is 312 g/mol. The van der Waals surface area contributed by atoms with E-state index in [0.717, 1.165) is 5.01 Å². The number of esters is 1. The fraction of sp³-hybridized carbons (Fsp3) is 0.643. The van der Waals surface area contributed by atoms with Crippen molar-refractivity contribution in [1.29, 1.82) is 0 Å². The average molecular weight is 312 g/mol. The van der Waals surface area contributed by atoms with Gasteiger partial charge in [-0.3, -0.25) is 0 Å². The Morgan fingerprint density at radius 3 is 2.67 bits per heavy atom. The lowest BCUT2D eigenvalue weighted by atomic mass is 10.0. The third-order valence-electron chi connectivity index (χ3n) is 2.89. The Balaban J connectivity index is 1.87. The van der Waals surface area contributed by atoms with Gasteiger partial charge in [0.1, 0.15) is 10.6 Å². The van der Waals surface area contributed by atoms with Crippen LogP contribution in [0.25, 0.3) is 0 Å². The molecule has 1 aliphatic heterocycles. The van der Waals surface area contributed by atoms with Crippen LogP contribution in [-0.4, -0.2) is 47.2 Å². The number of aromatic nitrogens is 1. The van der Waals surface area contributed by atoms with Gasteiger partial charge in [-0.2, -0.15) is 0 Å². The van der Waals surface area contributed by atoms with Crippen LogP contribution in [0, 0.1) is 0 Å². The van der Waals surface area contributed by atoms with Crippen LogP contribution in [0.2, 0.25) is 0 Å². The summed E-state index contributed by atoms with van der Waals surface area (Å²) >= 11 is 1.42. The van der Waals surface area contributed by atoms with Crippen molar-refractivity contribution >= 4 is 23.4 Å². The first-order valence-corrected chi connectivity index (χ1v) is 7.78. The molecule has 2 rings (SSSR count). The van der Waals surface area contributed by atoms with E-state index in [-0.39, 0.29) is 12.0 Å². The van der Waals surface area contributed by atoms with Crippen LogP contribution in [0.1, 0.15) is 49.1 Å². The first-order chi connectivity index (χ1) is 9.80. The van der Waals surface area contributed by atoms with Gasteiger partial charge in [0.05, 0.1) is 6.61 Å². The van der Waals surface area contributed by atoms with Gasteiger partial charge in [0.15, 0.2) is 5.69 Å². The molecular weight excluding hydrogens is 292 g/mol. The first-order valence-electron chi connectivity index (χ1n) is 6.90. The normalized spacial score (nSPS) is 15.5. The lowest BCUT2D eigenvalue weighted by molar-refractivity contribution is 0.00810. The van der Waals surface area contributed by atoms with E-state index < -0.39 is 11.6 Å². The zero-order valence-corrected chi connectivity index (χ0v) is 13.5. The molecule has 116 valence electrons. The molecule has 6 nitrogen and oxygen atoms in total. The van der Waals surface area contributed by atoms with E-state index in [1.165, 1.54) is 11.3 Å². The molecule has 1 aliphatic rings. The number of likely N-dealkylation sites (tertiary alicyclic amines) is 1. The van der Waals surface area contributed by atoms with Crippen LogP contribution in [0.4, 0.5) is 4.79 Å². The first kappa shape index (κ1) is 15.8. The Morgan fingerprint density at radius 1 is 1.43 bits per heavy atom. The number of ether oxygens (including phenoxy) is 2. The van der Waals surface area contributed by atoms with Gasteiger partial charge < -0.3 is 14.4 Å². The Hall–Kier alpha value is -1.63. The van der Waals surface area contributed by atoms with Crippen molar-refractivity contribution in [3.63, 3.8) is 0 Å². The molecule has 0 aromatic carbocycles. The maximum Gasteiger partial charge on any atom is 0.410 e. The molecule has 0 radical (unpaired) electrons. The minimum Gasteiger partial charge on any atom is -0.461 e. The van der Waals surface area contributed by atoms with Crippen LogP contribution >= 0.6 is 11.3 Å². The Labute approximate surface area is 128 Å². The predicted molar refractivity (Wildman–Crippen MR) is 78.6 cm³/mol. The zero-order chi connectivity index (χ0) is 15.6. The van der Waals surface area contributed by atoms with E-state index in [1.807, 2.05) is 20.8 Å². The van der Waals surface area contributed by atoms with Gasteiger partial charge in [-0.25, -0.2) is 14.6 Å². The van der Waals surface area contributed by atoms with Gasteiger partial charge in [0, 0.05) is 24.4 Å². The number of amides is 1. The molecular formula is C14H20N2O4S. The summed E-state index contributed by atoms with van der Waals surface area (Å²) in [4.78, 5) is 29.3. The van der Waals surface area contributed by atoms with E-state index in [9.17, 15) is 9.59 Å². The topological polar surface area (TPSA) is 68.7 Å². The standard InChI is InChI=1S/C14H20N2O4S/c1-5-19-12(17)10-8-21-11(15-10)9-6-16(7-9)13(18)20-14(2,3)4/h8-9H,5-7H2,1-4H3. The fourth-order valence-corrected chi connectivity index (χ4v) is 2.76. The van der Waals surface area contributed by atoms with E-state index in [0.29, 0.717) is 25.4 Å². The number of carbonyl (C=O) groups is 2. The second kappa shape index (κ2) is 6.01. The molecule has 7 heteroatoms. The third kappa shape index (κ3) is 3.93. The number of rotatable bonds is 3. The number of hydrogen-bond donors (Lipinski definition) is 0. The number of thiazole rings is 1. The van der Waals surface area contributed by atoms with E-state index in [1.54, 1.807) is 17.2 Å². The van der Waals surface area contributed by atoms with Gasteiger partial charge in [-0.05, 0) is 27.7 Å². The molecule has 0 unspecified atom stereocenters. The highest BCUT2D eigenvalue weighted by Crippen LogP contribution is 2.30. The van der Waals surface area contributed by atoms with Crippen molar-refractivity contribution in [2.45, 2.75) is 39.2 Å². The third-order valence-corrected chi connectivity index (χ3v) is 3.90. The molecule has 1 aromatic heterocycles. The Morgan fingerprint density at radius 2 is 2.10 bits per heavy atom. The van der Waals surface area contributed by atoms with Crippen molar-refractivity contribution < 1.29 is 19.1 Å². The lowest BCUT2D eigenvalue weighted by Gasteiger charge is -2.38. The molecule has 0 aliphatic carbocycles. The smallest absolute Gasteiger partial charge is 0.410 e. The van der Waals surface area contributed by atoms with Crippen molar-refractivity contribution in [2.75, 3.05) is 19.7 Å². The Kier molecular flexibility index (Phi) is 4.51. The summed E-state index contributed by atoms with van der Waals surface area (Å²) in [5.74, 6) is -0.228. The van der Waals surface area contributed by atoms with E-state index >= 15 is 0 Å². The fourth-order valence-electron chi connectivity index (χ4n) is 1.88. The van der Waals surface area contributed by atoms with Crippen molar-refractivity contribution in [3.05, 3.63) is 16.1 Å². The van der Waals surface area contributed by atoms with Crippen molar-refractivity contribution in [2.24, 2.45) is 0 Å². The Bertz CT molecular complexity index is 529. The van der Waals surface area contributed by atoms with Crippen molar-refractivity contribution in [1.82, 2.24) is 9.88 Å². The van der Waals surface area contributed by atoms with Crippen LogP contribution in [0.3, 0.4) is 0 Å². The number of hydrogen-bond acceptors (Lipinski definition) is 6. The number of nitrogens with zero attached hydrogens (tertiary/aromatic N) is 2. The highest BCUT2D eigenvalue weighted by atomic mass is 32.1. The zero-order valence-electron chi connectivity index (χ0n) is 12.7. The second-order valence-electron chi connectivity index (χ2n) is 5.87. The van der Waals surface area contributed by atoms with Crippen molar-refractivity contribution in [3.8, 4) is 0 Å². The maximum atomic E-state index is 11.8. The molecule has 1 aromatic rings. The summed E-state index contributed by atoms with van der Waals surface area (Å²) in [6.45, 7) is 8.77. The van der Waals surface area contributed by atoms with E-state index in [2.05, 4.69) is 4.98 Å². The highest BCUT2D eigenvalue weighted by molar-refractivity contribution is 7.09. The van der Waals surface area contributed by atoms with Crippen LogP contribution in [0.5, 0.6) is 0 Å². The van der Waals surface area contributed by atoms with Crippen LogP contribution in [0.15, 0.2) is 5.38 Å². The minimum atomic E-state index is -0.486. The van der Waals surface area contributed by atoms with Gasteiger partial charge >= 0.3 is 12.1 Å². The minimum absolute atomic E-state index is 0.172. The summed E-state index contributed by atoms with van der Waals surface area (Å²) in [6.07, 6.45) is -0.305. The summed E-state index contributed by atoms with van der Waals surface area (Å²) in [5.41, 5.74) is -0.145. The summed E-state index contributed by atoms with van der Waals surface area (Å²) in [6, 6.07) is 0. The molecule has 0 N–H and O–H groups in total. The average Bonchev–Trinajstić information content (AvgIpc) is 2.74. The molecule has 0 bridgehead atoms. The molecule has 1 saturated heterocycles. The molecule has 0 atom stereocenters. The summed E-state index contributed by atoms with van der Waals surface area (Å²) < 4.78 is 10.2. The quantitative estimate of drug-likeness (QED) is 0.803. The van der Waals surface area contributed by atoms with Gasteiger partial charge in [-0.1, -0.05) is 0 Å². The maximum absolute atomic E-state index is 11.8. The molecule has 0 saturated carbocycles. The van der Waals surface area contributed by atoms with Gasteiger partial charge in [0.25, 0.3) is 0 Å². The summed E-state index contributed by atoms with van der Waals surface area (Å²) in [5, 5.41) is 2.56. The highest BCUT2D eigenvalue weighted by Gasteiger charge is 2.36. The molecule has 21 heavy (non-hydrogen) atoms. The largest absolute Gasteiger partial charge is 0.461 e. The van der Waals surface area contributed by atoms with Gasteiger partial charge in [-0.15, -0.1) is 11.3 Å². The summed E-state index contributed by atoms with van der Waals surface area (Å²) in [7, 11) is 0. The molecule has 0 spiro atoms. The van der Waals surface area contributed by atoms with E-state index in [4.69, 9.17) is 9.47 Å². The van der Waals surface area contributed by atoms with Gasteiger partial charge in [0.2, 0.25) is 0 Å². The molecule has 1 amide bonds. The predicted octanol–water partition coefficient (Wildman–Crippen LogP) is 2.65. The second-order valence-corrected chi connectivity index (χ2v) is 6.76. The number of carbonyl (C=O) groups excluding carboxylic acids is 2. The van der Waals surface area contributed by atoms with Crippen LogP contribution < -0.4 is 0 Å². The molecule has 2 heterocycles. The molecule has 1 fully saturated rings. The lowest BCUT2D eigenvalue weighted by Crippen LogP contribution is -2.50.